The summed E-state index contributed by atoms with van der Waals surface area (Å²) in [4.78, 5) is 14.1. The van der Waals surface area contributed by atoms with Crippen molar-refractivity contribution in [3.63, 3.8) is 0 Å². The molecule has 1 aliphatic heterocycles. The number of nitrogens with zero attached hydrogens (tertiary/aromatic N) is 3. The molecule has 1 aromatic heterocycles. The van der Waals surface area contributed by atoms with Gasteiger partial charge in [-0.1, -0.05) is 13.8 Å². The van der Waals surface area contributed by atoms with Crippen molar-refractivity contribution >= 4 is 11.7 Å². The lowest BCUT2D eigenvalue weighted by atomic mass is 9.89. The predicted molar refractivity (Wildman–Crippen MR) is 91.1 cm³/mol. The van der Waals surface area contributed by atoms with Crippen molar-refractivity contribution in [2.45, 2.75) is 53.0 Å². The minimum atomic E-state index is -0.162. The van der Waals surface area contributed by atoms with Crippen LogP contribution in [0.25, 0.3) is 0 Å². The topological polar surface area (TPSA) is 58.1 Å². The Labute approximate surface area is 135 Å². The van der Waals surface area contributed by atoms with Crippen LogP contribution in [0.3, 0.4) is 0 Å². The molecule has 5 nitrogen and oxygen atoms in total. The van der Waals surface area contributed by atoms with Gasteiger partial charge in [-0.3, -0.25) is 4.79 Å². The molecule has 124 valence electrons. The summed E-state index contributed by atoms with van der Waals surface area (Å²) < 4.78 is 0. The van der Waals surface area contributed by atoms with Crippen molar-refractivity contribution in [2.75, 3.05) is 18.0 Å². The van der Waals surface area contributed by atoms with E-state index in [1.165, 1.54) is 19.3 Å². The number of aromatic nitrogens is 2. The summed E-state index contributed by atoms with van der Waals surface area (Å²) in [6.45, 7) is 10.5. The van der Waals surface area contributed by atoms with E-state index in [1.807, 2.05) is 19.9 Å². The molecule has 0 radical (unpaired) electrons. The van der Waals surface area contributed by atoms with Crippen LogP contribution in [0.15, 0.2) is 12.1 Å². The van der Waals surface area contributed by atoms with E-state index >= 15 is 0 Å². The van der Waals surface area contributed by atoms with Gasteiger partial charge in [-0.15, -0.1) is 10.2 Å². The molecule has 1 aromatic rings. The zero-order chi connectivity index (χ0) is 16.1. The molecule has 0 spiro atoms. The number of amides is 1. The third-order valence-corrected chi connectivity index (χ3v) is 4.05. The van der Waals surface area contributed by atoms with Crippen molar-refractivity contribution < 1.29 is 6.22 Å². The minimum absolute atomic E-state index is 0. The van der Waals surface area contributed by atoms with Gasteiger partial charge in [0.2, 0.25) is 0 Å². The predicted octanol–water partition coefficient (Wildman–Crippen LogP) is 3.12. The van der Waals surface area contributed by atoms with Crippen LogP contribution < -0.4 is 10.2 Å². The van der Waals surface area contributed by atoms with Gasteiger partial charge in [0.15, 0.2) is 11.5 Å². The van der Waals surface area contributed by atoms with Gasteiger partial charge in [0, 0.05) is 20.6 Å². The lowest BCUT2D eigenvalue weighted by molar-refractivity contribution is 0.0937. The van der Waals surface area contributed by atoms with Gasteiger partial charge < -0.3 is 10.2 Å². The first-order valence-corrected chi connectivity index (χ1v) is 8.35. The third-order valence-electron chi connectivity index (χ3n) is 4.05. The molecule has 2 rings (SSSR count). The maximum absolute atomic E-state index is 11.9. The minimum Gasteiger partial charge on any atom is -0.355 e. The van der Waals surface area contributed by atoms with Gasteiger partial charge >= 0.3 is 0 Å². The fourth-order valence-corrected chi connectivity index (χ4v) is 3.02. The van der Waals surface area contributed by atoms with Gasteiger partial charge in [0.25, 0.3) is 5.91 Å². The summed E-state index contributed by atoms with van der Waals surface area (Å²) >= 11 is 0. The molecule has 0 aromatic carbocycles. The molecule has 1 aliphatic rings. The number of anilines is 1. The lowest BCUT2D eigenvalue weighted by Crippen LogP contribution is -2.35. The molecule has 1 saturated heterocycles. The SMILES string of the molecule is CC(C)CC1CCN(c2ccc(C(=O)NC(C)C)nn2)CC1.[HH]. The maximum Gasteiger partial charge on any atom is 0.271 e. The Morgan fingerprint density at radius 3 is 2.45 bits per heavy atom. The summed E-state index contributed by atoms with van der Waals surface area (Å²) in [5.41, 5.74) is 0.382. The molecule has 0 atom stereocenters. The molecule has 2 heterocycles. The Balaban J connectivity index is 0.00000264. The summed E-state index contributed by atoms with van der Waals surface area (Å²) in [7, 11) is 0. The highest BCUT2D eigenvalue weighted by Crippen LogP contribution is 2.26. The first-order chi connectivity index (χ1) is 10.5. The van der Waals surface area contributed by atoms with Crippen LogP contribution in [-0.2, 0) is 0 Å². The average molecular weight is 306 g/mol. The van der Waals surface area contributed by atoms with Crippen LogP contribution >= 0.6 is 0 Å². The molecule has 1 N–H and O–H groups in total. The van der Waals surface area contributed by atoms with E-state index < -0.39 is 0 Å². The molecule has 1 amide bonds. The molecule has 22 heavy (non-hydrogen) atoms. The highest BCUT2D eigenvalue weighted by atomic mass is 16.2. The molecular formula is C17H30N4O. The first-order valence-electron chi connectivity index (χ1n) is 8.35. The summed E-state index contributed by atoms with van der Waals surface area (Å²) in [6.07, 6.45) is 3.75. The van der Waals surface area contributed by atoms with Crippen LogP contribution in [0.1, 0.15) is 58.9 Å². The van der Waals surface area contributed by atoms with Crippen LogP contribution in [0.5, 0.6) is 0 Å². The summed E-state index contributed by atoms with van der Waals surface area (Å²) in [5.74, 6) is 2.32. The Morgan fingerprint density at radius 2 is 1.95 bits per heavy atom. The number of carbonyl (C=O) groups is 1. The van der Waals surface area contributed by atoms with Crippen LogP contribution in [0, 0.1) is 11.8 Å². The van der Waals surface area contributed by atoms with Gasteiger partial charge in [-0.25, -0.2) is 0 Å². The van der Waals surface area contributed by atoms with E-state index in [0.717, 1.165) is 30.7 Å². The standard InChI is InChI=1S/C17H28N4O.H2/c1-12(2)11-14-7-9-21(10-8-14)16-6-5-15(19-20-16)17(22)18-13(3)4;/h5-6,12-14H,7-11H2,1-4H3,(H,18,22);1H. The van der Waals surface area contributed by atoms with E-state index in [2.05, 4.69) is 34.3 Å². The van der Waals surface area contributed by atoms with E-state index in [0.29, 0.717) is 5.69 Å². The second kappa shape index (κ2) is 7.56. The summed E-state index contributed by atoms with van der Waals surface area (Å²) in [5, 5.41) is 11.1. The zero-order valence-electron chi connectivity index (χ0n) is 14.2. The normalized spacial score (nSPS) is 16.4. The van der Waals surface area contributed by atoms with Gasteiger partial charge in [-0.05, 0) is 57.1 Å². The van der Waals surface area contributed by atoms with E-state index in [-0.39, 0.29) is 13.4 Å². The van der Waals surface area contributed by atoms with Gasteiger partial charge in [0.1, 0.15) is 0 Å². The molecule has 0 bridgehead atoms. The first kappa shape index (κ1) is 16.7. The molecular weight excluding hydrogens is 276 g/mol. The zero-order valence-corrected chi connectivity index (χ0v) is 14.2. The monoisotopic (exact) mass is 306 g/mol. The molecule has 5 heteroatoms. The number of hydrogen-bond donors (Lipinski definition) is 1. The smallest absolute Gasteiger partial charge is 0.271 e. The fraction of sp³-hybridized carbons (Fsp3) is 0.706. The quantitative estimate of drug-likeness (QED) is 0.908. The van der Waals surface area contributed by atoms with Crippen LogP contribution in [-0.4, -0.2) is 35.2 Å². The van der Waals surface area contributed by atoms with Crippen molar-refractivity contribution in [3.05, 3.63) is 17.8 Å². The Hall–Kier alpha value is -1.65. The van der Waals surface area contributed by atoms with E-state index in [1.54, 1.807) is 6.07 Å². The molecule has 1 fully saturated rings. The van der Waals surface area contributed by atoms with E-state index in [4.69, 9.17) is 0 Å². The second-order valence-corrected chi connectivity index (χ2v) is 6.96. The van der Waals surface area contributed by atoms with Crippen molar-refractivity contribution in [1.82, 2.24) is 15.5 Å². The Bertz CT molecular complexity index is 482. The number of carbonyl (C=O) groups excluding carboxylic acids is 1. The van der Waals surface area contributed by atoms with Crippen LogP contribution in [0.4, 0.5) is 5.82 Å². The average Bonchev–Trinajstić information content (AvgIpc) is 2.47. The highest BCUT2D eigenvalue weighted by Gasteiger charge is 2.21. The molecule has 0 unspecified atom stereocenters. The number of piperidine rings is 1. The van der Waals surface area contributed by atoms with Crippen LogP contribution in [0.2, 0.25) is 0 Å². The van der Waals surface area contributed by atoms with Crippen molar-refractivity contribution in [1.29, 1.82) is 0 Å². The second-order valence-electron chi connectivity index (χ2n) is 6.96. The largest absolute Gasteiger partial charge is 0.355 e. The number of rotatable bonds is 5. The molecule has 0 saturated carbocycles. The third kappa shape index (κ3) is 4.68. The number of nitrogens with one attached hydrogen (secondary N) is 1. The fourth-order valence-electron chi connectivity index (χ4n) is 3.02. The lowest BCUT2D eigenvalue weighted by Gasteiger charge is -2.33. The van der Waals surface area contributed by atoms with Crippen molar-refractivity contribution in [3.8, 4) is 0 Å². The number of hydrogen-bond acceptors (Lipinski definition) is 4. The van der Waals surface area contributed by atoms with Gasteiger partial charge in [0.05, 0.1) is 0 Å². The van der Waals surface area contributed by atoms with Crippen molar-refractivity contribution in [2.24, 2.45) is 11.8 Å². The van der Waals surface area contributed by atoms with Gasteiger partial charge in [-0.2, -0.15) is 0 Å². The Morgan fingerprint density at radius 1 is 1.27 bits per heavy atom. The highest BCUT2D eigenvalue weighted by molar-refractivity contribution is 5.92. The maximum atomic E-state index is 11.9. The van der Waals surface area contributed by atoms with E-state index in [9.17, 15) is 4.79 Å². The Kier molecular flexibility index (Phi) is 5.75. The summed E-state index contributed by atoms with van der Waals surface area (Å²) in [6, 6.07) is 3.78. The molecule has 0 aliphatic carbocycles.